The van der Waals surface area contributed by atoms with Gasteiger partial charge in [0.15, 0.2) is 0 Å². The molecule has 6 heteroatoms. The number of hydrogen-bond donors (Lipinski definition) is 2. The molecule has 4 rings (SSSR count). The molecule has 0 aliphatic carbocycles. The molecular weight excluding hydrogens is 420 g/mol. The van der Waals surface area contributed by atoms with Crippen LogP contribution in [0.15, 0.2) is 119 Å². The Morgan fingerprint density at radius 2 is 1.16 bits per heavy atom. The van der Waals surface area contributed by atoms with Gasteiger partial charge in [-0.3, -0.25) is 9.59 Å². The predicted octanol–water partition coefficient (Wildman–Crippen LogP) is 6.21. The SMILES string of the molecule is O=C(Nc1ccc(Oc2ccccc2)cc1)C(=O)Nc1ccccc1Sc1ccccc1. The Labute approximate surface area is 190 Å². The standard InChI is InChI=1S/C26H20N2O3S/c29-25(27-19-15-17-21(18-16-19)31-20-9-3-1-4-10-20)26(30)28-23-13-7-8-14-24(23)32-22-11-5-2-6-12-22/h1-18H,(H,27,29)(H,28,30). The molecule has 0 atom stereocenters. The molecule has 5 nitrogen and oxygen atoms in total. The van der Waals surface area contributed by atoms with Crippen LogP contribution in [0.25, 0.3) is 0 Å². The van der Waals surface area contributed by atoms with Crippen molar-refractivity contribution < 1.29 is 14.3 Å². The minimum absolute atomic E-state index is 0.498. The van der Waals surface area contributed by atoms with Crippen LogP contribution in [-0.2, 0) is 9.59 Å². The first-order valence-electron chi connectivity index (χ1n) is 9.94. The third kappa shape index (κ3) is 5.77. The lowest BCUT2D eigenvalue weighted by atomic mass is 10.3. The molecule has 2 amide bonds. The zero-order valence-electron chi connectivity index (χ0n) is 17.0. The van der Waals surface area contributed by atoms with Crippen molar-refractivity contribution in [2.24, 2.45) is 0 Å². The Kier molecular flexibility index (Phi) is 6.84. The third-order valence-electron chi connectivity index (χ3n) is 4.40. The van der Waals surface area contributed by atoms with Crippen LogP contribution in [0, 0.1) is 0 Å². The minimum atomic E-state index is -0.749. The number of rotatable bonds is 6. The molecule has 0 aliphatic rings. The maximum atomic E-state index is 12.5. The van der Waals surface area contributed by atoms with Crippen molar-refractivity contribution in [2.75, 3.05) is 10.6 Å². The van der Waals surface area contributed by atoms with Crippen LogP contribution in [-0.4, -0.2) is 11.8 Å². The molecule has 0 fully saturated rings. The summed E-state index contributed by atoms with van der Waals surface area (Å²) in [6.45, 7) is 0. The van der Waals surface area contributed by atoms with Crippen molar-refractivity contribution >= 4 is 35.0 Å². The largest absolute Gasteiger partial charge is 0.457 e. The van der Waals surface area contributed by atoms with Gasteiger partial charge in [0.05, 0.1) is 5.69 Å². The van der Waals surface area contributed by atoms with E-state index in [-0.39, 0.29) is 0 Å². The second kappa shape index (κ2) is 10.3. The van der Waals surface area contributed by atoms with Gasteiger partial charge in [-0.05, 0) is 60.7 Å². The Morgan fingerprint density at radius 1 is 0.594 bits per heavy atom. The number of anilines is 2. The Morgan fingerprint density at radius 3 is 1.88 bits per heavy atom. The summed E-state index contributed by atoms with van der Waals surface area (Å²) in [5.41, 5.74) is 1.07. The van der Waals surface area contributed by atoms with Gasteiger partial charge in [-0.15, -0.1) is 0 Å². The van der Waals surface area contributed by atoms with Crippen LogP contribution in [0.1, 0.15) is 0 Å². The maximum Gasteiger partial charge on any atom is 0.314 e. The topological polar surface area (TPSA) is 67.4 Å². The summed E-state index contributed by atoms with van der Waals surface area (Å²) in [5.74, 6) is -0.141. The Balaban J connectivity index is 1.37. The van der Waals surface area contributed by atoms with Gasteiger partial charge >= 0.3 is 11.8 Å². The first-order valence-corrected chi connectivity index (χ1v) is 10.8. The smallest absolute Gasteiger partial charge is 0.314 e. The second-order valence-electron chi connectivity index (χ2n) is 6.76. The number of amides is 2. The first-order chi connectivity index (χ1) is 15.7. The summed E-state index contributed by atoms with van der Waals surface area (Å²) in [4.78, 5) is 26.8. The van der Waals surface area contributed by atoms with Crippen molar-refractivity contribution in [3.63, 3.8) is 0 Å². The summed E-state index contributed by atoms with van der Waals surface area (Å²) >= 11 is 1.51. The average Bonchev–Trinajstić information content (AvgIpc) is 2.83. The highest BCUT2D eigenvalue weighted by Crippen LogP contribution is 2.33. The summed E-state index contributed by atoms with van der Waals surface area (Å²) in [7, 11) is 0. The number of carbonyl (C=O) groups is 2. The molecule has 0 aliphatic heterocycles. The molecule has 4 aromatic rings. The molecule has 0 bridgehead atoms. The normalized spacial score (nSPS) is 10.2. The van der Waals surface area contributed by atoms with Crippen LogP contribution in [0.3, 0.4) is 0 Å². The summed E-state index contributed by atoms with van der Waals surface area (Å²) < 4.78 is 5.73. The Bertz CT molecular complexity index is 1200. The van der Waals surface area contributed by atoms with Crippen LogP contribution in [0.4, 0.5) is 11.4 Å². The van der Waals surface area contributed by atoms with Crippen molar-refractivity contribution in [1.29, 1.82) is 0 Å². The molecule has 0 aromatic heterocycles. The predicted molar refractivity (Wildman–Crippen MR) is 127 cm³/mol. The zero-order chi connectivity index (χ0) is 22.2. The van der Waals surface area contributed by atoms with E-state index in [1.165, 1.54) is 11.8 Å². The zero-order valence-corrected chi connectivity index (χ0v) is 17.8. The van der Waals surface area contributed by atoms with Gasteiger partial charge in [0.25, 0.3) is 0 Å². The number of hydrogen-bond acceptors (Lipinski definition) is 4. The monoisotopic (exact) mass is 440 g/mol. The highest BCUT2D eigenvalue weighted by Gasteiger charge is 2.16. The van der Waals surface area contributed by atoms with Gasteiger partial charge in [0.1, 0.15) is 11.5 Å². The number of carbonyl (C=O) groups excluding carboxylic acids is 2. The lowest BCUT2D eigenvalue weighted by Gasteiger charge is -2.11. The number of para-hydroxylation sites is 2. The molecule has 4 aromatic carbocycles. The summed E-state index contributed by atoms with van der Waals surface area (Å²) in [6.07, 6.45) is 0. The summed E-state index contributed by atoms with van der Waals surface area (Å²) in [5, 5.41) is 5.31. The van der Waals surface area contributed by atoms with Crippen molar-refractivity contribution in [1.82, 2.24) is 0 Å². The number of nitrogens with one attached hydrogen (secondary N) is 2. The van der Waals surface area contributed by atoms with E-state index >= 15 is 0 Å². The van der Waals surface area contributed by atoms with E-state index in [0.717, 1.165) is 15.5 Å². The molecule has 0 spiro atoms. The fraction of sp³-hybridized carbons (Fsp3) is 0. The highest BCUT2D eigenvalue weighted by molar-refractivity contribution is 7.99. The molecule has 0 saturated carbocycles. The molecular formula is C26H20N2O3S. The first kappa shape index (κ1) is 21.2. The molecule has 158 valence electrons. The fourth-order valence-electron chi connectivity index (χ4n) is 2.87. The minimum Gasteiger partial charge on any atom is -0.457 e. The van der Waals surface area contributed by atoms with Gasteiger partial charge in [0, 0.05) is 15.5 Å². The van der Waals surface area contributed by atoms with E-state index < -0.39 is 11.8 Å². The van der Waals surface area contributed by atoms with Crippen LogP contribution in [0.5, 0.6) is 11.5 Å². The molecule has 32 heavy (non-hydrogen) atoms. The van der Waals surface area contributed by atoms with E-state index in [9.17, 15) is 9.59 Å². The van der Waals surface area contributed by atoms with Gasteiger partial charge in [-0.2, -0.15) is 0 Å². The lowest BCUT2D eigenvalue weighted by molar-refractivity contribution is -0.133. The lowest BCUT2D eigenvalue weighted by Crippen LogP contribution is -2.29. The quantitative estimate of drug-likeness (QED) is 0.350. The van der Waals surface area contributed by atoms with Crippen molar-refractivity contribution in [3.8, 4) is 11.5 Å². The van der Waals surface area contributed by atoms with E-state index in [0.29, 0.717) is 17.1 Å². The molecule has 0 unspecified atom stereocenters. The number of benzene rings is 4. The van der Waals surface area contributed by atoms with E-state index in [1.807, 2.05) is 78.9 Å². The van der Waals surface area contributed by atoms with E-state index in [1.54, 1.807) is 30.3 Å². The maximum absolute atomic E-state index is 12.5. The van der Waals surface area contributed by atoms with E-state index in [4.69, 9.17) is 4.74 Å². The van der Waals surface area contributed by atoms with Crippen LogP contribution >= 0.6 is 11.8 Å². The van der Waals surface area contributed by atoms with Gasteiger partial charge < -0.3 is 15.4 Å². The van der Waals surface area contributed by atoms with E-state index in [2.05, 4.69) is 10.6 Å². The van der Waals surface area contributed by atoms with Crippen LogP contribution in [0.2, 0.25) is 0 Å². The number of ether oxygens (including phenoxy) is 1. The van der Waals surface area contributed by atoms with Crippen LogP contribution < -0.4 is 15.4 Å². The van der Waals surface area contributed by atoms with Crippen molar-refractivity contribution in [2.45, 2.75) is 9.79 Å². The molecule has 0 radical (unpaired) electrons. The molecule has 0 heterocycles. The van der Waals surface area contributed by atoms with Gasteiger partial charge in [-0.1, -0.05) is 60.3 Å². The average molecular weight is 441 g/mol. The fourth-order valence-corrected chi connectivity index (χ4v) is 3.80. The summed E-state index contributed by atoms with van der Waals surface area (Å²) in [6, 6.07) is 33.4. The highest BCUT2D eigenvalue weighted by atomic mass is 32.2. The molecule has 2 N–H and O–H groups in total. The molecule has 0 saturated heterocycles. The second-order valence-corrected chi connectivity index (χ2v) is 7.87. The third-order valence-corrected chi connectivity index (χ3v) is 5.49. The van der Waals surface area contributed by atoms with Gasteiger partial charge in [-0.25, -0.2) is 0 Å². The van der Waals surface area contributed by atoms with Crippen molar-refractivity contribution in [3.05, 3.63) is 109 Å². The Hall–Kier alpha value is -4.03. The van der Waals surface area contributed by atoms with Gasteiger partial charge in [0.2, 0.25) is 0 Å².